The van der Waals surface area contributed by atoms with Gasteiger partial charge in [0.1, 0.15) is 17.5 Å². The van der Waals surface area contributed by atoms with E-state index in [1.165, 1.54) is 6.07 Å². The third-order valence-electron chi connectivity index (χ3n) is 4.29. The van der Waals surface area contributed by atoms with Gasteiger partial charge in [-0.05, 0) is 43.7 Å². The Bertz CT molecular complexity index is 913. The SMILES string of the molecule is Cc1nnc2ccc(N3C[C@H](O)C[C@H]3c3cc(F)ccc3F)nn12. The van der Waals surface area contributed by atoms with Crippen LogP contribution < -0.4 is 4.90 Å². The molecule has 8 heteroatoms. The first-order chi connectivity index (χ1) is 11.5. The molecule has 0 saturated carbocycles. The first kappa shape index (κ1) is 14.9. The summed E-state index contributed by atoms with van der Waals surface area (Å²) in [6, 6.07) is 6.37. The van der Waals surface area contributed by atoms with Gasteiger partial charge in [0.15, 0.2) is 11.5 Å². The first-order valence-electron chi connectivity index (χ1n) is 7.61. The fraction of sp³-hybridized carbons (Fsp3) is 0.312. The molecule has 0 spiro atoms. The van der Waals surface area contributed by atoms with E-state index in [1.54, 1.807) is 28.5 Å². The molecule has 24 heavy (non-hydrogen) atoms. The molecule has 3 aromatic rings. The van der Waals surface area contributed by atoms with Crippen molar-refractivity contribution < 1.29 is 13.9 Å². The molecule has 1 aromatic carbocycles. The minimum Gasteiger partial charge on any atom is -0.391 e. The van der Waals surface area contributed by atoms with Crippen LogP contribution in [-0.4, -0.2) is 37.6 Å². The third kappa shape index (κ3) is 2.39. The van der Waals surface area contributed by atoms with Gasteiger partial charge in [0, 0.05) is 12.1 Å². The summed E-state index contributed by atoms with van der Waals surface area (Å²) in [5.41, 5.74) is 0.818. The lowest BCUT2D eigenvalue weighted by Gasteiger charge is -2.26. The van der Waals surface area contributed by atoms with Gasteiger partial charge >= 0.3 is 0 Å². The van der Waals surface area contributed by atoms with E-state index in [-0.39, 0.29) is 5.56 Å². The van der Waals surface area contributed by atoms with Gasteiger partial charge in [-0.3, -0.25) is 0 Å². The van der Waals surface area contributed by atoms with Crippen LogP contribution in [-0.2, 0) is 0 Å². The Morgan fingerprint density at radius 1 is 1.17 bits per heavy atom. The molecule has 0 unspecified atom stereocenters. The molecule has 0 bridgehead atoms. The molecule has 0 amide bonds. The van der Waals surface area contributed by atoms with E-state index in [2.05, 4.69) is 15.3 Å². The highest BCUT2D eigenvalue weighted by Crippen LogP contribution is 2.36. The van der Waals surface area contributed by atoms with E-state index in [9.17, 15) is 13.9 Å². The summed E-state index contributed by atoms with van der Waals surface area (Å²) in [5, 5.41) is 22.5. The van der Waals surface area contributed by atoms with E-state index in [0.29, 0.717) is 30.3 Å². The van der Waals surface area contributed by atoms with E-state index in [1.807, 2.05) is 0 Å². The summed E-state index contributed by atoms with van der Waals surface area (Å²) in [6.45, 7) is 2.07. The molecule has 2 atom stereocenters. The predicted octanol–water partition coefficient (Wildman–Crippen LogP) is 2.02. The summed E-state index contributed by atoms with van der Waals surface area (Å²) < 4.78 is 29.3. The summed E-state index contributed by atoms with van der Waals surface area (Å²) in [4.78, 5) is 1.78. The van der Waals surface area contributed by atoms with Crippen molar-refractivity contribution in [2.45, 2.75) is 25.5 Å². The van der Waals surface area contributed by atoms with Crippen LogP contribution in [0.15, 0.2) is 30.3 Å². The van der Waals surface area contributed by atoms with Crippen molar-refractivity contribution in [1.29, 1.82) is 0 Å². The topological polar surface area (TPSA) is 66.5 Å². The van der Waals surface area contributed by atoms with Crippen LogP contribution in [0.1, 0.15) is 23.9 Å². The van der Waals surface area contributed by atoms with Crippen molar-refractivity contribution in [3.63, 3.8) is 0 Å². The van der Waals surface area contributed by atoms with E-state index >= 15 is 0 Å². The minimum atomic E-state index is -0.642. The second kappa shape index (κ2) is 5.48. The second-order valence-corrected chi connectivity index (χ2v) is 5.93. The lowest BCUT2D eigenvalue weighted by molar-refractivity contribution is 0.194. The lowest BCUT2D eigenvalue weighted by atomic mass is 10.0. The van der Waals surface area contributed by atoms with Crippen molar-refractivity contribution in [3.8, 4) is 0 Å². The summed E-state index contributed by atoms with van der Waals surface area (Å²) >= 11 is 0. The second-order valence-electron chi connectivity index (χ2n) is 5.93. The highest BCUT2D eigenvalue weighted by molar-refractivity contribution is 5.49. The third-order valence-corrected chi connectivity index (χ3v) is 4.29. The molecule has 0 radical (unpaired) electrons. The normalized spacial score (nSPS) is 20.9. The highest BCUT2D eigenvalue weighted by Gasteiger charge is 2.35. The molecule has 6 nitrogen and oxygen atoms in total. The van der Waals surface area contributed by atoms with Crippen LogP contribution in [0.25, 0.3) is 5.65 Å². The molecular formula is C16H15F2N5O. The number of aliphatic hydroxyl groups is 1. The Kier molecular flexibility index (Phi) is 3.42. The number of aliphatic hydroxyl groups excluding tert-OH is 1. The summed E-state index contributed by atoms with van der Waals surface area (Å²) in [5.74, 6) is 0.170. The van der Waals surface area contributed by atoms with Gasteiger partial charge in [-0.25, -0.2) is 8.78 Å². The molecule has 1 N–H and O–H groups in total. The van der Waals surface area contributed by atoms with Gasteiger partial charge in [-0.15, -0.1) is 15.3 Å². The van der Waals surface area contributed by atoms with Gasteiger partial charge in [-0.1, -0.05) is 0 Å². The van der Waals surface area contributed by atoms with Crippen LogP contribution >= 0.6 is 0 Å². The number of halogens is 2. The molecule has 3 heterocycles. The average molecular weight is 331 g/mol. The number of nitrogens with zero attached hydrogens (tertiary/aromatic N) is 5. The van der Waals surface area contributed by atoms with E-state index in [4.69, 9.17) is 0 Å². The molecule has 1 saturated heterocycles. The van der Waals surface area contributed by atoms with Crippen LogP contribution in [0.3, 0.4) is 0 Å². The zero-order valence-corrected chi connectivity index (χ0v) is 12.9. The fourth-order valence-corrected chi connectivity index (χ4v) is 3.17. The van der Waals surface area contributed by atoms with Crippen LogP contribution in [0, 0.1) is 18.6 Å². The Morgan fingerprint density at radius 3 is 2.83 bits per heavy atom. The van der Waals surface area contributed by atoms with Gasteiger partial charge < -0.3 is 10.0 Å². The zero-order valence-electron chi connectivity index (χ0n) is 12.9. The molecule has 1 aliphatic heterocycles. The average Bonchev–Trinajstić information content (AvgIpc) is 3.13. The number of aromatic nitrogens is 4. The van der Waals surface area contributed by atoms with Gasteiger partial charge in [-0.2, -0.15) is 4.52 Å². The van der Waals surface area contributed by atoms with Crippen molar-refractivity contribution in [2.75, 3.05) is 11.4 Å². The molecular weight excluding hydrogens is 316 g/mol. The van der Waals surface area contributed by atoms with Crippen molar-refractivity contribution in [1.82, 2.24) is 19.8 Å². The fourth-order valence-electron chi connectivity index (χ4n) is 3.17. The van der Waals surface area contributed by atoms with Crippen LogP contribution in [0.4, 0.5) is 14.6 Å². The zero-order chi connectivity index (χ0) is 16.8. The maximum Gasteiger partial charge on any atom is 0.178 e. The maximum absolute atomic E-state index is 14.2. The smallest absolute Gasteiger partial charge is 0.178 e. The Balaban J connectivity index is 1.79. The number of anilines is 1. The van der Waals surface area contributed by atoms with E-state index in [0.717, 1.165) is 12.1 Å². The predicted molar refractivity (Wildman–Crippen MR) is 82.6 cm³/mol. The minimum absolute atomic E-state index is 0.217. The van der Waals surface area contributed by atoms with Gasteiger partial charge in [0.05, 0.1) is 12.1 Å². The monoisotopic (exact) mass is 331 g/mol. The molecule has 1 fully saturated rings. The van der Waals surface area contributed by atoms with Crippen LogP contribution in [0.2, 0.25) is 0 Å². The number of fused-ring (bicyclic) bond motifs is 1. The molecule has 0 aliphatic carbocycles. The Hall–Kier alpha value is -2.61. The number of hydrogen-bond donors (Lipinski definition) is 1. The van der Waals surface area contributed by atoms with Gasteiger partial charge in [0.25, 0.3) is 0 Å². The number of β-amino-alcohol motifs (C(OH)–C–C–N with tert-alkyl or cyclic N) is 1. The molecule has 124 valence electrons. The molecule has 1 aliphatic rings. The standard InChI is InChI=1S/C16H15F2N5O/c1-9-19-20-15-4-5-16(21-23(9)15)22-8-11(24)7-14(22)12-6-10(17)2-3-13(12)18/h2-6,11,14,24H,7-8H2,1H3/t11-,14+/m1/s1. The van der Waals surface area contributed by atoms with E-state index < -0.39 is 23.8 Å². The van der Waals surface area contributed by atoms with Crippen LogP contribution in [0.5, 0.6) is 0 Å². The van der Waals surface area contributed by atoms with Crippen molar-refractivity contribution >= 4 is 11.5 Å². The summed E-state index contributed by atoms with van der Waals surface area (Å²) in [7, 11) is 0. The van der Waals surface area contributed by atoms with Gasteiger partial charge in [0.2, 0.25) is 0 Å². The first-order valence-corrected chi connectivity index (χ1v) is 7.61. The Labute approximate surface area is 136 Å². The number of benzene rings is 1. The maximum atomic E-state index is 14.2. The number of aryl methyl sites for hydroxylation is 1. The molecule has 4 rings (SSSR count). The lowest BCUT2D eigenvalue weighted by Crippen LogP contribution is -2.26. The van der Waals surface area contributed by atoms with Crippen molar-refractivity contribution in [3.05, 3.63) is 53.4 Å². The largest absolute Gasteiger partial charge is 0.391 e. The number of rotatable bonds is 2. The number of hydrogen-bond acceptors (Lipinski definition) is 5. The van der Waals surface area contributed by atoms with Crippen molar-refractivity contribution in [2.24, 2.45) is 0 Å². The highest BCUT2D eigenvalue weighted by atomic mass is 19.1. The summed E-state index contributed by atoms with van der Waals surface area (Å²) in [6.07, 6.45) is -0.335. The molecule has 2 aromatic heterocycles. The quantitative estimate of drug-likeness (QED) is 0.778. The Morgan fingerprint density at radius 2 is 2.00 bits per heavy atom.